The molecule has 1 N–H and O–H groups in total. The van der Waals surface area contributed by atoms with E-state index in [1.165, 1.54) is 69.4 Å². The van der Waals surface area contributed by atoms with Crippen molar-refractivity contribution in [1.82, 2.24) is 5.32 Å². The van der Waals surface area contributed by atoms with Crippen LogP contribution in [0.15, 0.2) is 0 Å². The summed E-state index contributed by atoms with van der Waals surface area (Å²) in [6, 6.07) is 0.691. The van der Waals surface area contributed by atoms with Crippen molar-refractivity contribution >= 4 is 23.5 Å². The van der Waals surface area contributed by atoms with E-state index < -0.39 is 0 Å². The van der Waals surface area contributed by atoms with Gasteiger partial charge in [-0.3, -0.25) is 0 Å². The molecule has 1 saturated carbocycles. The zero-order valence-electron chi connectivity index (χ0n) is 12.8. The fourth-order valence-corrected chi connectivity index (χ4v) is 6.26. The largest absolute Gasteiger partial charge is 0.375 e. The van der Waals surface area contributed by atoms with Crippen molar-refractivity contribution in [3.63, 3.8) is 0 Å². The maximum Gasteiger partial charge on any atom is 0.0713 e. The Labute approximate surface area is 132 Å². The number of rotatable bonds is 4. The molecular formula is C16H29NOS2. The first-order valence-corrected chi connectivity index (χ1v) is 10.6. The van der Waals surface area contributed by atoms with Crippen LogP contribution in [0.25, 0.3) is 0 Å². The fraction of sp³-hybridized carbons (Fsp3) is 1.00. The Morgan fingerprint density at radius 1 is 1.20 bits per heavy atom. The summed E-state index contributed by atoms with van der Waals surface area (Å²) in [5.74, 6) is 2.59. The summed E-state index contributed by atoms with van der Waals surface area (Å²) in [5, 5.41) is 3.92. The van der Waals surface area contributed by atoms with E-state index in [1.54, 1.807) is 0 Å². The average Bonchev–Trinajstić information content (AvgIpc) is 2.96. The first-order valence-electron chi connectivity index (χ1n) is 8.26. The van der Waals surface area contributed by atoms with Gasteiger partial charge in [-0.25, -0.2) is 0 Å². The molecule has 0 amide bonds. The molecule has 116 valence electrons. The summed E-state index contributed by atoms with van der Waals surface area (Å²) >= 11 is 4.20. The van der Waals surface area contributed by atoms with Gasteiger partial charge in [0.1, 0.15) is 0 Å². The maximum absolute atomic E-state index is 6.20. The summed E-state index contributed by atoms with van der Waals surface area (Å²) in [6.07, 6.45) is 13.0. The van der Waals surface area contributed by atoms with Crippen molar-refractivity contribution in [1.29, 1.82) is 0 Å². The van der Waals surface area contributed by atoms with Crippen LogP contribution >= 0.6 is 23.5 Å². The Kier molecular flexibility index (Phi) is 5.28. The highest BCUT2D eigenvalue weighted by Gasteiger charge is 2.40. The molecule has 0 bridgehead atoms. The average molecular weight is 316 g/mol. The fourth-order valence-electron chi connectivity index (χ4n) is 4.10. The van der Waals surface area contributed by atoms with Gasteiger partial charge in [0.25, 0.3) is 0 Å². The highest BCUT2D eigenvalue weighted by atomic mass is 32.2. The van der Waals surface area contributed by atoms with Gasteiger partial charge in [0.2, 0.25) is 0 Å². The number of hydrogen-bond donors (Lipinski definition) is 1. The minimum Gasteiger partial charge on any atom is -0.375 e. The second-order valence-electron chi connectivity index (χ2n) is 6.81. The van der Waals surface area contributed by atoms with Crippen LogP contribution in [0.2, 0.25) is 0 Å². The molecule has 0 radical (unpaired) electrons. The highest BCUT2D eigenvalue weighted by Crippen LogP contribution is 2.41. The lowest BCUT2D eigenvalue weighted by atomic mass is 9.85. The summed E-state index contributed by atoms with van der Waals surface area (Å²) < 4.78 is 6.74. The number of hydrogen-bond acceptors (Lipinski definition) is 4. The minimum absolute atomic E-state index is 0.226. The number of nitrogens with one attached hydrogen (secondary N) is 1. The molecule has 1 unspecified atom stereocenters. The third-order valence-corrected chi connectivity index (χ3v) is 7.96. The standard InChI is InChI=1S/C16H29NOS2/c1-19-16(5-2-3-6-16)13-17-14-4-9-18-15(12-14)7-10-20-11-8-15/h14,17H,2-13H2,1H3. The Morgan fingerprint density at radius 3 is 2.65 bits per heavy atom. The lowest BCUT2D eigenvalue weighted by Gasteiger charge is -2.44. The van der Waals surface area contributed by atoms with Crippen LogP contribution in [-0.4, -0.2) is 47.3 Å². The van der Waals surface area contributed by atoms with Gasteiger partial charge >= 0.3 is 0 Å². The molecule has 3 rings (SSSR count). The van der Waals surface area contributed by atoms with Gasteiger partial charge in [-0.15, -0.1) is 0 Å². The summed E-state index contributed by atoms with van der Waals surface area (Å²) in [7, 11) is 0. The Hall–Kier alpha value is 0.620. The monoisotopic (exact) mass is 315 g/mol. The molecule has 2 aliphatic heterocycles. The van der Waals surface area contributed by atoms with Crippen LogP contribution in [-0.2, 0) is 4.74 Å². The maximum atomic E-state index is 6.20. The molecule has 1 atom stereocenters. The van der Waals surface area contributed by atoms with Gasteiger partial charge < -0.3 is 10.1 Å². The van der Waals surface area contributed by atoms with Gasteiger partial charge in [-0.1, -0.05) is 12.8 Å². The zero-order chi connectivity index (χ0) is 13.9. The molecule has 4 heteroatoms. The van der Waals surface area contributed by atoms with E-state index in [4.69, 9.17) is 4.74 Å². The van der Waals surface area contributed by atoms with Gasteiger partial charge in [0, 0.05) is 23.9 Å². The van der Waals surface area contributed by atoms with Crippen molar-refractivity contribution < 1.29 is 4.74 Å². The second-order valence-corrected chi connectivity index (χ2v) is 9.31. The highest BCUT2D eigenvalue weighted by molar-refractivity contribution is 8.00. The van der Waals surface area contributed by atoms with Gasteiger partial charge in [0.05, 0.1) is 5.60 Å². The third kappa shape index (κ3) is 3.50. The molecule has 1 aliphatic carbocycles. The van der Waals surface area contributed by atoms with Crippen molar-refractivity contribution in [3.8, 4) is 0 Å². The molecule has 1 spiro atoms. The SMILES string of the molecule is CSC1(CNC2CCOC3(CCSCC3)C2)CCCC1. The van der Waals surface area contributed by atoms with Crippen LogP contribution < -0.4 is 5.32 Å². The van der Waals surface area contributed by atoms with Crippen molar-refractivity contribution in [2.45, 2.75) is 67.8 Å². The minimum atomic E-state index is 0.226. The molecule has 3 fully saturated rings. The van der Waals surface area contributed by atoms with Crippen LogP contribution in [0, 0.1) is 0 Å². The quantitative estimate of drug-likeness (QED) is 0.853. The van der Waals surface area contributed by atoms with E-state index in [2.05, 4.69) is 35.1 Å². The predicted molar refractivity (Wildman–Crippen MR) is 91.0 cm³/mol. The van der Waals surface area contributed by atoms with E-state index in [-0.39, 0.29) is 5.60 Å². The molecular weight excluding hydrogens is 286 g/mol. The predicted octanol–water partition coefficient (Wildman–Crippen LogP) is 3.70. The van der Waals surface area contributed by atoms with Crippen molar-refractivity contribution in [2.75, 3.05) is 30.9 Å². The molecule has 3 aliphatic rings. The molecule has 20 heavy (non-hydrogen) atoms. The lowest BCUT2D eigenvalue weighted by Crippen LogP contribution is -2.51. The zero-order valence-corrected chi connectivity index (χ0v) is 14.4. The lowest BCUT2D eigenvalue weighted by molar-refractivity contribution is -0.0932. The molecule has 2 heterocycles. The summed E-state index contributed by atoms with van der Waals surface area (Å²) in [5.41, 5.74) is 0.226. The third-order valence-electron chi connectivity index (χ3n) is 5.56. The van der Waals surface area contributed by atoms with Gasteiger partial charge in [0.15, 0.2) is 0 Å². The van der Waals surface area contributed by atoms with E-state index in [1.807, 2.05) is 0 Å². The van der Waals surface area contributed by atoms with Gasteiger partial charge in [-0.05, 0) is 56.3 Å². The second kappa shape index (κ2) is 6.80. The Morgan fingerprint density at radius 2 is 1.95 bits per heavy atom. The first kappa shape index (κ1) is 15.5. The smallest absolute Gasteiger partial charge is 0.0713 e. The van der Waals surface area contributed by atoms with Crippen LogP contribution in [0.3, 0.4) is 0 Å². The van der Waals surface area contributed by atoms with Crippen LogP contribution in [0.1, 0.15) is 51.4 Å². The first-order chi connectivity index (χ1) is 9.76. The van der Waals surface area contributed by atoms with E-state index in [0.717, 1.165) is 6.61 Å². The number of ether oxygens (including phenoxy) is 1. The van der Waals surface area contributed by atoms with Crippen molar-refractivity contribution in [3.05, 3.63) is 0 Å². The van der Waals surface area contributed by atoms with Gasteiger partial charge in [-0.2, -0.15) is 23.5 Å². The molecule has 2 nitrogen and oxygen atoms in total. The van der Waals surface area contributed by atoms with Crippen LogP contribution in [0.4, 0.5) is 0 Å². The summed E-state index contributed by atoms with van der Waals surface area (Å²) in [6.45, 7) is 2.18. The Bertz CT molecular complexity index is 306. The van der Waals surface area contributed by atoms with Crippen molar-refractivity contribution in [2.24, 2.45) is 0 Å². The molecule has 2 saturated heterocycles. The molecule has 0 aromatic rings. The van der Waals surface area contributed by atoms with Crippen LogP contribution in [0.5, 0.6) is 0 Å². The van der Waals surface area contributed by atoms with E-state index in [0.29, 0.717) is 10.8 Å². The van der Waals surface area contributed by atoms with E-state index in [9.17, 15) is 0 Å². The Balaban J connectivity index is 1.52. The summed E-state index contributed by atoms with van der Waals surface area (Å²) in [4.78, 5) is 0. The molecule has 0 aromatic heterocycles. The topological polar surface area (TPSA) is 21.3 Å². The molecule has 0 aromatic carbocycles. The number of thioether (sulfide) groups is 2. The normalized spacial score (nSPS) is 32.5. The van der Waals surface area contributed by atoms with E-state index >= 15 is 0 Å².